The van der Waals surface area contributed by atoms with Gasteiger partial charge in [0.25, 0.3) is 0 Å². The maximum atomic E-state index is 9.74. The van der Waals surface area contributed by atoms with Crippen molar-refractivity contribution in [3.05, 3.63) is 29.8 Å². The number of methoxy groups -OCH3 is 1. The molecule has 1 aromatic rings. The smallest absolute Gasteiger partial charge is 0.0947 e. The zero-order valence-corrected chi connectivity index (χ0v) is 13.1. The molecule has 4 nitrogen and oxygen atoms in total. The molecule has 0 aliphatic carbocycles. The van der Waals surface area contributed by atoms with E-state index in [9.17, 15) is 5.11 Å². The number of rotatable bonds is 9. The van der Waals surface area contributed by atoms with Gasteiger partial charge >= 0.3 is 0 Å². The van der Waals surface area contributed by atoms with E-state index in [1.165, 1.54) is 5.56 Å². The van der Waals surface area contributed by atoms with Crippen molar-refractivity contribution in [2.45, 2.75) is 32.4 Å². The van der Waals surface area contributed by atoms with Crippen LogP contribution < -0.4 is 10.2 Å². The van der Waals surface area contributed by atoms with Crippen molar-refractivity contribution in [1.29, 1.82) is 0 Å². The summed E-state index contributed by atoms with van der Waals surface area (Å²) in [5, 5.41) is 13.2. The Bertz CT molecular complexity index is 367. The molecule has 114 valence electrons. The van der Waals surface area contributed by atoms with Crippen LogP contribution in [-0.2, 0) is 4.74 Å². The molecule has 1 rings (SSSR count). The van der Waals surface area contributed by atoms with Gasteiger partial charge in [-0.2, -0.15) is 0 Å². The third-order valence-electron chi connectivity index (χ3n) is 3.38. The molecular formula is C16H28N2O2. The molecule has 2 N–H and O–H groups in total. The minimum absolute atomic E-state index is 0.362. The highest BCUT2D eigenvalue weighted by Crippen LogP contribution is 2.18. The fourth-order valence-electron chi connectivity index (χ4n) is 2.16. The van der Waals surface area contributed by atoms with Crippen molar-refractivity contribution < 1.29 is 9.84 Å². The predicted molar refractivity (Wildman–Crippen MR) is 84.3 cm³/mol. The number of nitrogens with one attached hydrogen (secondary N) is 1. The summed E-state index contributed by atoms with van der Waals surface area (Å²) in [6, 6.07) is 8.84. The number of likely N-dealkylation sites (N-methyl/N-ethyl adjacent to an activating group) is 1. The normalized spacial score (nSPS) is 14.1. The molecule has 2 atom stereocenters. The molecule has 4 heteroatoms. The number of aliphatic hydroxyl groups excluding tert-OH is 1. The van der Waals surface area contributed by atoms with E-state index in [0.29, 0.717) is 19.2 Å². The second-order valence-corrected chi connectivity index (χ2v) is 5.26. The van der Waals surface area contributed by atoms with Gasteiger partial charge in [-0.25, -0.2) is 0 Å². The van der Waals surface area contributed by atoms with Crippen LogP contribution in [0.5, 0.6) is 0 Å². The van der Waals surface area contributed by atoms with E-state index in [1.54, 1.807) is 7.11 Å². The molecule has 0 amide bonds. The quantitative estimate of drug-likeness (QED) is 0.728. The lowest BCUT2D eigenvalue weighted by atomic mass is 10.1. The van der Waals surface area contributed by atoms with E-state index in [2.05, 4.69) is 43.4 Å². The van der Waals surface area contributed by atoms with Crippen LogP contribution in [0.4, 0.5) is 5.69 Å². The largest absolute Gasteiger partial charge is 0.389 e. The lowest BCUT2D eigenvalue weighted by molar-refractivity contribution is 0.0695. The lowest BCUT2D eigenvalue weighted by Crippen LogP contribution is -2.31. The topological polar surface area (TPSA) is 44.7 Å². The van der Waals surface area contributed by atoms with Crippen molar-refractivity contribution >= 4 is 5.69 Å². The van der Waals surface area contributed by atoms with E-state index < -0.39 is 6.10 Å². The van der Waals surface area contributed by atoms with Gasteiger partial charge in [-0.05, 0) is 37.6 Å². The zero-order chi connectivity index (χ0) is 15.0. The number of nitrogens with zero attached hydrogens (tertiary/aromatic N) is 1. The Balaban J connectivity index is 2.56. The van der Waals surface area contributed by atoms with Crippen LogP contribution >= 0.6 is 0 Å². The first-order valence-corrected chi connectivity index (χ1v) is 7.30. The van der Waals surface area contributed by atoms with Crippen LogP contribution in [0.1, 0.15) is 31.9 Å². The van der Waals surface area contributed by atoms with E-state index >= 15 is 0 Å². The van der Waals surface area contributed by atoms with E-state index in [4.69, 9.17) is 4.74 Å². The highest BCUT2D eigenvalue weighted by molar-refractivity contribution is 5.47. The Morgan fingerprint density at radius 3 is 2.50 bits per heavy atom. The van der Waals surface area contributed by atoms with E-state index in [0.717, 1.165) is 18.7 Å². The minimum atomic E-state index is -0.463. The summed E-state index contributed by atoms with van der Waals surface area (Å²) in [5.74, 6) is 0. The van der Waals surface area contributed by atoms with Gasteiger partial charge in [0.05, 0.1) is 12.7 Å². The third-order valence-corrected chi connectivity index (χ3v) is 3.38. The Labute approximate surface area is 122 Å². The van der Waals surface area contributed by atoms with Gasteiger partial charge in [0, 0.05) is 32.4 Å². The van der Waals surface area contributed by atoms with Crippen molar-refractivity contribution in [2.24, 2.45) is 0 Å². The molecule has 0 aliphatic rings. The first-order chi connectivity index (χ1) is 9.58. The van der Waals surface area contributed by atoms with Crippen LogP contribution in [-0.4, -0.2) is 45.1 Å². The van der Waals surface area contributed by atoms with Gasteiger partial charge in [-0.15, -0.1) is 0 Å². The Morgan fingerprint density at radius 1 is 1.30 bits per heavy atom. The first-order valence-electron chi connectivity index (χ1n) is 7.30. The monoisotopic (exact) mass is 280 g/mol. The van der Waals surface area contributed by atoms with Gasteiger partial charge in [0.2, 0.25) is 0 Å². The van der Waals surface area contributed by atoms with Crippen LogP contribution in [0.15, 0.2) is 24.3 Å². The van der Waals surface area contributed by atoms with Crippen molar-refractivity contribution in [3.63, 3.8) is 0 Å². The molecule has 0 spiro atoms. The molecule has 0 saturated carbocycles. The molecule has 0 bridgehead atoms. The van der Waals surface area contributed by atoms with Gasteiger partial charge in [-0.3, -0.25) is 0 Å². The highest BCUT2D eigenvalue weighted by Gasteiger charge is 2.09. The Morgan fingerprint density at radius 2 is 1.95 bits per heavy atom. The average molecular weight is 280 g/mol. The third kappa shape index (κ3) is 5.49. The molecular weight excluding hydrogens is 252 g/mol. The van der Waals surface area contributed by atoms with Crippen LogP contribution in [0, 0.1) is 0 Å². The zero-order valence-electron chi connectivity index (χ0n) is 13.1. The predicted octanol–water partition coefficient (Wildman–Crippen LogP) is 2.19. The number of hydrogen-bond acceptors (Lipinski definition) is 4. The summed E-state index contributed by atoms with van der Waals surface area (Å²) in [4.78, 5) is 2.04. The second-order valence-electron chi connectivity index (χ2n) is 5.26. The standard InChI is InChI=1S/C16H28N2O2/c1-5-10-17-13(2)14-6-8-15(9-7-14)18(3)11-16(19)12-20-4/h6-9,13,16-17,19H,5,10-12H2,1-4H3. The first kappa shape index (κ1) is 17.0. The molecule has 0 fully saturated rings. The minimum Gasteiger partial charge on any atom is -0.389 e. The molecule has 0 aromatic heterocycles. The second kappa shape index (κ2) is 8.95. The van der Waals surface area contributed by atoms with Crippen molar-refractivity contribution in [1.82, 2.24) is 5.32 Å². The molecule has 0 aliphatic heterocycles. The van der Waals surface area contributed by atoms with Crippen LogP contribution in [0.3, 0.4) is 0 Å². The Kier molecular flexibility index (Phi) is 7.59. The maximum Gasteiger partial charge on any atom is 0.0947 e. The number of benzene rings is 1. The fourth-order valence-corrected chi connectivity index (χ4v) is 2.16. The fraction of sp³-hybridized carbons (Fsp3) is 0.625. The van der Waals surface area contributed by atoms with Crippen molar-refractivity contribution in [2.75, 3.05) is 38.8 Å². The molecule has 0 heterocycles. The van der Waals surface area contributed by atoms with E-state index in [-0.39, 0.29) is 0 Å². The molecule has 2 unspecified atom stereocenters. The highest BCUT2D eigenvalue weighted by atomic mass is 16.5. The summed E-state index contributed by atoms with van der Waals surface area (Å²) < 4.78 is 4.94. The van der Waals surface area contributed by atoms with Gasteiger partial charge in [0.15, 0.2) is 0 Å². The van der Waals surface area contributed by atoms with E-state index in [1.807, 2.05) is 11.9 Å². The molecule has 0 radical (unpaired) electrons. The van der Waals surface area contributed by atoms with Gasteiger partial charge in [0.1, 0.15) is 0 Å². The summed E-state index contributed by atoms with van der Waals surface area (Å²) in [6.45, 7) is 6.31. The number of ether oxygens (including phenoxy) is 1. The average Bonchev–Trinajstić information content (AvgIpc) is 2.45. The summed E-state index contributed by atoms with van der Waals surface area (Å²) in [7, 11) is 3.58. The molecule has 0 saturated heterocycles. The summed E-state index contributed by atoms with van der Waals surface area (Å²) in [6.07, 6.45) is 0.678. The number of hydrogen-bond donors (Lipinski definition) is 2. The lowest BCUT2D eigenvalue weighted by Gasteiger charge is -2.23. The summed E-state index contributed by atoms with van der Waals surface area (Å²) >= 11 is 0. The number of aliphatic hydroxyl groups is 1. The molecule has 20 heavy (non-hydrogen) atoms. The summed E-state index contributed by atoms with van der Waals surface area (Å²) in [5.41, 5.74) is 2.39. The van der Waals surface area contributed by atoms with Crippen LogP contribution in [0.2, 0.25) is 0 Å². The maximum absolute atomic E-state index is 9.74. The van der Waals surface area contributed by atoms with Crippen LogP contribution in [0.25, 0.3) is 0 Å². The van der Waals surface area contributed by atoms with Gasteiger partial charge < -0.3 is 20.1 Å². The van der Waals surface area contributed by atoms with Crippen molar-refractivity contribution in [3.8, 4) is 0 Å². The molecule has 1 aromatic carbocycles. The SMILES string of the molecule is CCCNC(C)c1ccc(N(C)CC(O)COC)cc1. The Hall–Kier alpha value is -1.10. The van der Waals surface area contributed by atoms with Gasteiger partial charge in [-0.1, -0.05) is 19.1 Å². The number of anilines is 1.